The van der Waals surface area contributed by atoms with Gasteiger partial charge in [-0.2, -0.15) is 5.12 Å². The molecule has 0 aromatic carbocycles. The van der Waals surface area contributed by atoms with Crippen LogP contribution < -0.4 is 27.7 Å². The standard InChI is InChI=1S/C6H9N5O2/c7-9-6(13)11(8)10-3-1-5(12)2-4-10/h1-4H,7-8H2,(H,9,13). The van der Waals surface area contributed by atoms with Crippen molar-refractivity contribution in [3.63, 3.8) is 0 Å². The van der Waals surface area contributed by atoms with Crippen LogP contribution in [0.3, 0.4) is 0 Å². The van der Waals surface area contributed by atoms with Crippen molar-refractivity contribution in [2.45, 2.75) is 0 Å². The minimum Gasteiger partial charge on any atom is -0.290 e. The van der Waals surface area contributed by atoms with Crippen LogP contribution in [-0.2, 0) is 0 Å². The van der Waals surface area contributed by atoms with E-state index in [1.165, 1.54) is 29.2 Å². The van der Waals surface area contributed by atoms with Crippen LogP contribution in [0.2, 0.25) is 0 Å². The fourth-order valence-electron chi connectivity index (χ4n) is 0.720. The Morgan fingerprint density at radius 2 is 2.00 bits per heavy atom. The SMILES string of the molecule is NNC(=O)N(N)n1ccc(=O)cc1. The summed E-state index contributed by atoms with van der Waals surface area (Å²) in [5.41, 5.74) is 1.67. The van der Waals surface area contributed by atoms with Gasteiger partial charge in [0, 0.05) is 24.5 Å². The Bertz CT molecular complexity index is 340. The number of nitrogens with one attached hydrogen (secondary N) is 1. The molecule has 0 bridgehead atoms. The number of nitrogens with two attached hydrogens (primary N) is 2. The van der Waals surface area contributed by atoms with Crippen molar-refractivity contribution in [3.8, 4) is 0 Å². The lowest BCUT2D eigenvalue weighted by molar-refractivity contribution is 0.241. The van der Waals surface area contributed by atoms with Gasteiger partial charge in [0.25, 0.3) is 0 Å². The molecule has 0 aliphatic carbocycles. The van der Waals surface area contributed by atoms with Crippen LogP contribution in [0.5, 0.6) is 0 Å². The molecular weight excluding hydrogens is 174 g/mol. The molecule has 7 nitrogen and oxygen atoms in total. The second-order valence-electron chi connectivity index (χ2n) is 2.21. The van der Waals surface area contributed by atoms with Gasteiger partial charge in [-0.1, -0.05) is 0 Å². The number of hydrogen-bond acceptors (Lipinski definition) is 4. The van der Waals surface area contributed by atoms with Gasteiger partial charge in [0.05, 0.1) is 0 Å². The first-order valence-electron chi connectivity index (χ1n) is 3.39. The third-order valence-electron chi connectivity index (χ3n) is 1.36. The largest absolute Gasteiger partial charge is 0.365 e. The van der Waals surface area contributed by atoms with Gasteiger partial charge in [-0.15, -0.1) is 0 Å². The monoisotopic (exact) mass is 183 g/mol. The van der Waals surface area contributed by atoms with E-state index in [1.807, 2.05) is 5.43 Å². The Morgan fingerprint density at radius 3 is 2.46 bits per heavy atom. The van der Waals surface area contributed by atoms with Crippen molar-refractivity contribution < 1.29 is 4.79 Å². The molecule has 0 radical (unpaired) electrons. The molecule has 1 heterocycles. The van der Waals surface area contributed by atoms with Gasteiger partial charge in [0.1, 0.15) is 0 Å². The maximum Gasteiger partial charge on any atom is 0.365 e. The number of carbonyl (C=O) groups excluding carboxylic acids is 1. The molecule has 70 valence electrons. The molecule has 2 amide bonds. The maximum atomic E-state index is 10.9. The van der Waals surface area contributed by atoms with Crippen LogP contribution >= 0.6 is 0 Å². The van der Waals surface area contributed by atoms with Gasteiger partial charge in [0.2, 0.25) is 0 Å². The summed E-state index contributed by atoms with van der Waals surface area (Å²) in [6.45, 7) is 0. The number of nitrogens with zero attached hydrogens (tertiary/aromatic N) is 2. The van der Waals surface area contributed by atoms with Crippen LogP contribution in [0.4, 0.5) is 4.79 Å². The Kier molecular flexibility index (Phi) is 2.62. The second-order valence-corrected chi connectivity index (χ2v) is 2.21. The van der Waals surface area contributed by atoms with Crippen molar-refractivity contribution in [3.05, 3.63) is 34.7 Å². The molecule has 0 aliphatic rings. The smallest absolute Gasteiger partial charge is 0.290 e. The normalized spacial score (nSPS) is 9.38. The summed E-state index contributed by atoms with van der Waals surface area (Å²) in [6, 6.07) is 1.84. The van der Waals surface area contributed by atoms with Crippen molar-refractivity contribution >= 4 is 6.03 Å². The number of urea groups is 1. The Hall–Kier alpha value is -1.86. The van der Waals surface area contributed by atoms with Crippen molar-refractivity contribution in [2.75, 3.05) is 5.12 Å². The Balaban J connectivity index is 2.89. The molecule has 1 aromatic rings. The number of carbonyl (C=O) groups is 1. The Labute approximate surface area is 73.4 Å². The summed E-state index contributed by atoms with van der Waals surface area (Å²) in [4.78, 5) is 21.5. The first kappa shape index (κ1) is 9.23. The highest BCUT2D eigenvalue weighted by Crippen LogP contribution is 1.83. The first-order chi connectivity index (χ1) is 6.15. The van der Waals surface area contributed by atoms with E-state index < -0.39 is 6.03 Å². The first-order valence-corrected chi connectivity index (χ1v) is 3.39. The number of hydrogen-bond donors (Lipinski definition) is 3. The molecule has 0 saturated carbocycles. The van der Waals surface area contributed by atoms with Crippen LogP contribution in [0, 0.1) is 0 Å². The van der Waals surface area contributed by atoms with Crippen LogP contribution in [-0.4, -0.2) is 10.7 Å². The van der Waals surface area contributed by atoms with E-state index in [1.54, 1.807) is 0 Å². The molecule has 0 atom stereocenters. The third kappa shape index (κ3) is 2.04. The topological polar surface area (TPSA) is 106 Å². The van der Waals surface area contributed by atoms with E-state index in [4.69, 9.17) is 11.7 Å². The maximum absolute atomic E-state index is 10.9. The Morgan fingerprint density at radius 1 is 1.46 bits per heavy atom. The zero-order chi connectivity index (χ0) is 9.84. The summed E-state index contributed by atoms with van der Waals surface area (Å²) in [5.74, 6) is 10.1. The third-order valence-corrected chi connectivity index (χ3v) is 1.36. The number of pyridine rings is 1. The van der Waals surface area contributed by atoms with Crippen molar-refractivity contribution in [1.82, 2.24) is 10.1 Å². The summed E-state index contributed by atoms with van der Waals surface area (Å²) in [7, 11) is 0. The highest BCUT2D eigenvalue weighted by atomic mass is 16.2. The second kappa shape index (κ2) is 3.70. The molecule has 1 aromatic heterocycles. The molecule has 0 unspecified atom stereocenters. The van der Waals surface area contributed by atoms with E-state index in [0.717, 1.165) is 5.12 Å². The number of aromatic nitrogens is 1. The minimum atomic E-state index is -0.691. The zero-order valence-electron chi connectivity index (χ0n) is 6.68. The number of hydrazine groups is 2. The lowest BCUT2D eigenvalue weighted by Crippen LogP contribution is -2.53. The van der Waals surface area contributed by atoms with Crippen molar-refractivity contribution in [1.29, 1.82) is 0 Å². The van der Waals surface area contributed by atoms with E-state index in [9.17, 15) is 9.59 Å². The lowest BCUT2D eigenvalue weighted by Gasteiger charge is -2.17. The highest BCUT2D eigenvalue weighted by Gasteiger charge is 2.06. The minimum absolute atomic E-state index is 0.169. The van der Waals surface area contributed by atoms with E-state index in [2.05, 4.69) is 0 Å². The average molecular weight is 183 g/mol. The molecule has 0 spiro atoms. The highest BCUT2D eigenvalue weighted by molar-refractivity contribution is 5.82. The van der Waals surface area contributed by atoms with Gasteiger partial charge < -0.3 is 0 Å². The molecule has 0 saturated heterocycles. The quantitative estimate of drug-likeness (QED) is 0.272. The van der Waals surface area contributed by atoms with Crippen LogP contribution in [0.1, 0.15) is 0 Å². The fourth-order valence-corrected chi connectivity index (χ4v) is 0.720. The van der Waals surface area contributed by atoms with Crippen molar-refractivity contribution in [2.24, 2.45) is 11.7 Å². The van der Waals surface area contributed by atoms with E-state index in [0.29, 0.717) is 0 Å². The van der Waals surface area contributed by atoms with Gasteiger partial charge in [-0.25, -0.2) is 21.2 Å². The van der Waals surface area contributed by atoms with Crippen LogP contribution in [0.25, 0.3) is 0 Å². The van der Waals surface area contributed by atoms with E-state index >= 15 is 0 Å². The zero-order valence-corrected chi connectivity index (χ0v) is 6.68. The van der Waals surface area contributed by atoms with Crippen LogP contribution in [0.15, 0.2) is 29.3 Å². The fraction of sp³-hybridized carbons (Fsp3) is 0. The number of amides is 2. The van der Waals surface area contributed by atoms with E-state index in [-0.39, 0.29) is 5.43 Å². The van der Waals surface area contributed by atoms with Gasteiger partial charge in [-0.3, -0.25) is 10.2 Å². The molecule has 5 N–H and O–H groups in total. The molecule has 1 rings (SSSR count). The molecule has 0 fully saturated rings. The summed E-state index contributed by atoms with van der Waals surface area (Å²) < 4.78 is 1.21. The molecule has 13 heavy (non-hydrogen) atoms. The predicted octanol–water partition coefficient (Wildman–Crippen LogP) is -1.76. The summed E-state index contributed by atoms with van der Waals surface area (Å²) >= 11 is 0. The molecule has 0 aliphatic heterocycles. The summed E-state index contributed by atoms with van der Waals surface area (Å²) in [6.07, 6.45) is 2.69. The predicted molar refractivity (Wildman–Crippen MR) is 45.8 cm³/mol. The average Bonchev–Trinajstić information content (AvgIpc) is 2.17. The van der Waals surface area contributed by atoms with Gasteiger partial charge in [-0.05, 0) is 0 Å². The number of rotatable bonds is 1. The lowest BCUT2D eigenvalue weighted by atomic mass is 10.5. The summed E-state index contributed by atoms with van der Waals surface area (Å²) in [5, 5.41) is 0.722. The molecule has 7 heteroatoms. The van der Waals surface area contributed by atoms with Gasteiger partial charge >= 0.3 is 6.03 Å². The molecular formula is C6H9N5O2. The van der Waals surface area contributed by atoms with Gasteiger partial charge in [0.15, 0.2) is 5.43 Å².